The smallest absolute Gasteiger partial charge is 0.317 e. The van der Waals surface area contributed by atoms with Crippen LogP contribution in [-0.4, -0.2) is 27.0 Å². The van der Waals surface area contributed by atoms with Crippen LogP contribution in [0, 0.1) is 0 Å². The Bertz CT molecular complexity index is 983. The number of carbonyl (C=O) groups is 1. The third kappa shape index (κ3) is 3.93. The van der Waals surface area contributed by atoms with E-state index in [0.717, 1.165) is 30.6 Å². The minimum atomic E-state index is -0.289. The molecule has 6 nitrogen and oxygen atoms in total. The molecule has 1 fully saturated rings. The van der Waals surface area contributed by atoms with E-state index in [1.807, 2.05) is 34.5 Å². The topological polar surface area (TPSA) is 67.2 Å². The van der Waals surface area contributed by atoms with Crippen LogP contribution in [-0.2, 0) is 6.54 Å². The standard InChI is InChI=1S/C20H20N4O2S/c25-19-21-8-3-9-23(19)13-15-4-1-5-17(12-15)22-20(26)24-10-2-6-18(24)16-7-11-27-14-16/h1,3-5,7-9,11-12,14,18H,2,6,10,13H2,(H,22,26)/t18-/m0/s1. The fourth-order valence-corrected chi connectivity index (χ4v) is 4.17. The molecule has 1 aliphatic heterocycles. The molecule has 27 heavy (non-hydrogen) atoms. The van der Waals surface area contributed by atoms with Gasteiger partial charge in [0.2, 0.25) is 0 Å². The highest BCUT2D eigenvalue weighted by atomic mass is 32.1. The lowest BCUT2D eigenvalue weighted by Crippen LogP contribution is -2.34. The SMILES string of the molecule is O=C(Nc1cccc(Cn2cccnc2=O)c1)N1CCC[C@H]1c1ccsc1. The maximum atomic E-state index is 12.8. The largest absolute Gasteiger partial charge is 0.347 e. The Hall–Kier alpha value is -2.93. The van der Waals surface area contributed by atoms with Crippen molar-refractivity contribution in [1.29, 1.82) is 0 Å². The van der Waals surface area contributed by atoms with Gasteiger partial charge in [-0.1, -0.05) is 12.1 Å². The quantitative estimate of drug-likeness (QED) is 0.750. The third-order valence-electron chi connectivity index (χ3n) is 4.76. The maximum absolute atomic E-state index is 12.8. The fourth-order valence-electron chi connectivity index (χ4n) is 3.47. The van der Waals surface area contributed by atoms with Crippen LogP contribution in [0.25, 0.3) is 0 Å². The van der Waals surface area contributed by atoms with Crippen molar-refractivity contribution >= 4 is 23.1 Å². The highest BCUT2D eigenvalue weighted by Gasteiger charge is 2.30. The average molecular weight is 380 g/mol. The predicted octanol–water partition coefficient (Wildman–Crippen LogP) is 3.72. The molecule has 2 amide bonds. The molecule has 0 bridgehead atoms. The van der Waals surface area contributed by atoms with E-state index in [4.69, 9.17) is 0 Å². The third-order valence-corrected chi connectivity index (χ3v) is 5.46. The summed E-state index contributed by atoms with van der Waals surface area (Å²) in [5.74, 6) is 0. The van der Waals surface area contributed by atoms with Gasteiger partial charge in [-0.05, 0) is 59.0 Å². The summed E-state index contributed by atoms with van der Waals surface area (Å²) in [6.45, 7) is 1.18. The van der Waals surface area contributed by atoms with Gasteiger partial charge in [0.25, 0.3) is 0 Å². The molecular weight excluding hydrogens is 360 g/mol. The first-order valence-corrected chi connectivity index (χ1v) is 9.85. The number of carbonyl (C=O) groups excluding carboxylic acids is 1. The van der Waals surface area contributed by atoms with Gasteiger partial charge in [-0.3, -0.25) is 4.57 Å². The number of rotatable bonds is 4. The van der Waals surface area contributed by atoms with Crippen molar-refractivity contribution in [1.82, 2.24) is 14.5 Å². The minimum absolute atomic E-state index is 0.0839. The van der Waals surface area contributed by atoms with Gasteiger partial charge in [-0.2, -0.15) is 11.3 Å². The van der Waals surface area contributed by atoms with Crippen molar-refractivity contribution in [2.24, 2.45) is 0 Å². The number of benzene rings is 1. The van der Waals surface area contributed by atoms with Gasteiger partial charge in [-0.25, -0.2) is 14.6 Å². The number of thiophene rings is 1. The second kappa shape index (κ2) is 7.75. The van der Waals surface area contributed by atoms with Crippen LogP contribution >= 0.6 is 11.3 Å². The van der Waals surface area contributed by atoms with E-state index >= 15 is 0 Å². The molecule has 0 spiro atoms. The van der Waals surface area contributed by atoms with E-state index in [1.165, 1.54) is 16.3 Å². The van der Waals surface area contributed by atoms with E-state index in [1.54, 1.807) is 23.6 Å². The number of urea groups is 1. The summed E-state index contributed by atoms with van der Waals surface area (Å²) in [5, 5.41) is 7.17. The van der Waals surface area contributed by atoms with E-state index in [9.17, 15) is 9.59 Å². The summed E-state index contributed by atoms with van der Waals surface area (Å²) in [6.07, 6.45) is 5.19. The highest BCUT2D eigenvalue weighted by Crippen LogP contribution is 2.33. The Morgan fingerprint density at radius 3 is 3.04 bits per heavy atom. The van der Waals surface area contributed by atoms with Gasteiger partial charge >= 0.3 is 11.7 Å². The van der Waals surface area contributed by atoms with Crippen LogP contribution < -0.4 is 11.0 Å². The van der Waals surface area contributed by atoms with E-state index in [-0.39, 0.29) is 17.8 Å². The lowest BCUT2D eigenvalue weighted by atomic mass is 10.1. The number of aromatic nitrogens is 2. The number of anilines is 1. The van der Waals surface area contributed by atoms with Crippen LogP contribution in [0.4, 0.5) is 10.5 Å². The van der Waals surface area contributed by atoms with E-state index in [2.05, 4.69) is 21.7 Å². The van der Waals surface area contributed by atoms with Crippen LogP contribution in [0.15, 0.2) is 64.3 Å². The molecule has 1 atom stereocenters. The van der Waals surface area contributed by atoms with Crippen LogP contribution in [0.5, 0.6) is 0 Å². The summed E-state index contributed by atoms with van der Waals surface area (Å²) >= 11 is 1.66. The Morgan fingerprint density at radius 1 is 1.30 bits per heavy atom. The van der Waals surface area contributed by atoms with E-state index in [0.29, 0.717) is 6.54 Å². The van der Waals surface area contributed by atoms with E-state index < -0.39 is 0 Å². The molecule has 3 heterocycles. The Labute approximate surface area is 161 Å². The summed E-state index contributed by atoms with van der Waals surface area (Å²) in [6, 6.07) is 11.5. The van der Waals surface area contributed by atoms with Crippen LogP contribution in [0.3, 0.4) is 0 Å². The van der Waals surface area contributed by atoms with Crippen molar-refractivity contribution in [3.63, 3.8) is 0 Å². The number of hydrogen-bond acceptors (Lipinski definition) is 4. The first kappa shape index (κ1) is 17.5. The minimum Gasteiger partial charge on any atom is -0.317 e. The summed E-state index contributed by atoms with van der Waals surface area (Å²) in [5.41, 5.74) is 2.57. The number of nitrogens with one attached hydrogen (secondary N) is 1. The van der Waals surface area contributed by atoms with Crippen molar-refractivity contribution in [3.05, 3.63) is 81.2 Å². The van der Waals surface area contributed by atoms with Gasteiger partial charge < -0.3 is 10.2 Å². The van der Waals surface area contributed by atoms with Crippen LogP contribution in [0.1, 0.15) is 30.0 Å². The molecule has 0 radical (unpaired) electrons. The molecule has 1 saturated heterocycles. The average Bonchev–Trinajstić information content (AvgIpc) is 3.35. The summed E-state index contributed by atoms with van der Waals surface area (Å²) in [7, 11) is 0. The number of amides is 2. The van der Waals surface area contributed by atoms with Crippen molar-refractivity contribution in [2.75, 3.05) is 11.9 Å². The zero-order chi connectivity index (χ0) is 18.6. The second-order valence-corrected chi connectivity index (χ2v) is 7.35. The molecular formula is C20H20N4O2S. The van der Waals surface area contributed by atoms with Crippen molar-refractivity contribution in [2.45, 2.75) is 25.4 Å². The first-order chi connectivity index (χ1) is 13.2. The van der Waals surface area contributed by atoms with Crippen molar-refractivity contribution < 1.29 is 4.79 Å². The van der Waals surface area contributed by atoms with Gasteiger partial charge in [-0.15, -0.1) is 0 Å². The molecule has 4 rings (SSSR count). The molecule has 2 aromatic heterocycles. The Morgan fingerprint density at radius 2 is 2.22 bits per heavy atom. The lowest BCUT2D eigenvalue weighted by Gasteiger charge is -2.24. The maximum Gasteiger partial charge on any atom is 0.347 e. The highest BCUT2D eigenvalue weighted by molar-refractivity contribution is 7.08. The first-order valence-electron chi connectivity index (χ1n) is 8.91. The normalized spacial score (nSPS) is 16.4. The molecule has 1 aromatic carbocycles. The lowest BCUT2D eigenvalue weighted by molar-refractivity contribution is 0.207. The van der Waals surface area contributed by atoms with Gasteiger partial charge in [0.1, 0.15) is 0 Å². The molecule has 0 unspecified atom stereocenters. The Kier molecular flexibility index (Phi) is 5.02. The summed E-state index contributed by atoms with van der Waals surface area (Å²) < 4.78 is 1.54. The number of nitrogens with zero attached hydrogens (tertiary/aromatic N) is 3. The molecule has 0 saturated carbocycles. The molecule has 1 N–H and O–H groups in total. The molecule has 1 aliphatic rings. The van der Waals surface area contributed by atoms with Gasteiger partial charge in [0.05, 0.1) is 12.6 Å². The summed E-state index contributed by atoms with van der Waals surface area (Å²) in [4.78, 5) is 30.2. The van der Waals surface area contributed by atoms with Crippen LogP contribution in [0.2, 0.25) is 0 Å². The zero-order valence-electron chi connectivity index (χ0n) is 14.7. The number of hydrogen-bond donors (Lipinski definition) is 1. The van der Waals surface area contributed by atoms with Crippen molar-refractivity contribution in [3.8, 4) is 0 Å². The predicted molar refractivity (Wildman–Crippen MR) is 106 cm³/mol. The van der Waals surface area contributed by atoms with Gasteiger partial charge in [0, 0.05) is 24.6 Å². The van der Waals surface area contributed by atoms with Gasteiger partial charge in [0.15, 0.2) is 0 Å². The second-order valence-electron chi connectivity index (χ2n) is 6.57. The molecule has 0 aliphatic carbocycles. The molecule has 3 aromatic rings. The molecule has 138 valence electrons. The number of likely N-dealkylation sites (tertiary alicyclic amines) is 1. The Balaban J connectivity index is 1.47. The molecule has 7 heteroatoms. The fraction of sp³-hybridized carbons (Fsp3) is 0.250. The zero-order valence-corrected chi connectivity index (χ0v) is 15.6. The monoisotopic (exact) mass is 380 g/mol.